The zero-order valence-electron chi connectivity index (χ0n) is 31.6. The number of benzene rings is 8. The fourth-order valence-electron chi connectivity index (χ4n) is 9.56. The largest absolute Gasteiger partial charge is 0.291 e. The summed E-state index contributed by atoms with van der Waals surface area (Å²) in [6, 6.07) is 67.1. The van der Waals surface area contributed by atoms with Crippen LogP contribution in [-0.4, -0.2) is 9.38 Å². The molecule has 0 N–H and O–H groups in total. The third kappa shape index (κ3) is 4.79. The molecule has 0 bridgehead atoms. The second kappa shape index (κ2) is 12.1. The summed E-state index contributed by atoms with van der Waals surface area (Å²) in [5.74, 6) is 0. The van der Waals surface area contributed by atoms with Crippen LogP contribution in [0.2, 0.25) is 0 Å². The lowest BCUT2D eigenvalue weighted by molar-refractivity contribution is 0.660. The Bertz CT molecular complexity index is 3420. The topological polar surface area (TPSA) is 17.3 Å². The number of thiophene rings is 1. The highest BCUT2D eigenvalue weighted by Gasteiger charge is 2.35. The normalized spacial score (nSPS) is 13.2. The molecule has 0 spiro atoms. The molecule has 0 unspecified atom stereocenters. The highest BCUT2D eigenvalue weighted by Crippen LogP contribution is 2.50. The van der Waals surface area contributed by atoms with E-state index in [4.69, 9.17) is 4.98 Å². The van der Waals surface area contributed by atoms with Crippen molar-refractivity contribution in [1.82, 2.24) is 9.38 Å². The highest BCUT2D eigenvalue weighted by molar-refractivity contribution is 7.26. The van der Waals surface area contributed by atoms with Gasteiger partial charge in [0, 0.05) is 20.9 Å². The molecule has 1 aliphatic carbocycles. The second-order valence-electron chi connectivity index (χ2n) is 15.9. The predicted molar refractivity (Wildman–Crippen MR) is 242 cm³/mol. The third-order valence-electron chi connectivity index (χ3n) is 12.4. The van der Waals surface area contributed by atoms with Crippen molar-refractivity contribution in [3.8, 4) is 55.8 Å². The molecular weight excluding hydrogens is 709 g/mol. The Hall–Kier alpha value is -6.81. The Balaban J connectivity index is 0.914. The first kappa shape index (κ1) is 32.4. The zero-order valence-corrected chi connectivity index (χ0v) is 32.4. The quantitative estimate of drug-likeness (QED) is 0.175. The number of hydrogen-bond donors (Lipinski definition) is 0. The van der Waals surface area contributed by atoms with Crippen LogP contribution in [0.3, 0.4) is 0 Å². The zero-order chi connectivity index (χ0) is 37.8. The van der Waals surface area contributed by atoms with Gasteiger partial charge in [0.25, 0.3) is 0 Å². The number of rotatable bonds is 4. The van der Waals surface area contributed by atoms with E-state index in [1.807, 2.05) is 11.3 Å². The second-order valence-corrected chi connectivity index (χ2v) is 17.0. The number of aromatic nitrogens is 2. The summed E-state index contributed by atoms with van der Waals surface area (Å²) >= 11 is 1.83. The summed E-state index contributed by atoms with van der Waals surface area (Å²) in [5, 5.41) is 5.05. The van der Waals surface area contributed by atoms with Crippen LogP contribution in [0.15, 0.2) is 182 Å². The Morgan fingerprint density at radius 2 is 1.00 bits per heavy atom. The SMILES string of the molecule is CC1(C)c2ccccc2-c2ccc(-c3ccc(-c4ccc(-c5ccc(-c6cc7c8ccccc8sc7c7nc8ccccc8n67)cc5)c5ccccc45)cc3)cc21. The van der Waals surface area contributed by atoms with E-state index in [0.717, 1.165) is 22.4 Å². The lowest BCUT2D eigenvalue weighted by atomic mass is 9.81. The van der Waals surface area contributed by atoms with Crippen LogP contribution in [0, 0.1) is 0 Å². The van der Waals surface area contributed by atoms with Crippen molar-refractivity contribution >= 4 is 59.0 Å². The maximum Gasteiger partial charge on any atom is 0.156 e. The van der Waals surface area contributed by atoms with Crippen molar-refractivity contribution in [3.63, 3.8) is 0 Å². The first-order chi connectivity index (χ1) is 28.0. The van der Waals surface area contributed by atoms with E-state index in [-0.39, 0.29) is 5.41 Å². The van der Waals surface area contributed by atoms with Crippen molar-refractivity contribution in [2.24, 2.45) is 0 Å². The average molecular weight is 745 g/mol. The van der Waals surface area contributed by atoms with Gasteiger partial charge in [0.15, 0.2) is 5.65 Å². The molecule has 3 heteroatoms. The van der Waals surface area contributed by atoms with Gasteiger partial charge in [0.1, 0.15) is 0 Å². The fraction of sp³-hybridized carbons (Fsp3) is 0.0556. The van der Waals surface area contributed by atoms with Crippen molar-refractivity contribution in [1.29, 1.82) is 0 Å². The van der Waals surface area contributed by atoms with Gasteiger partial charge in [-0.25, -0.2) is 4.98 Å². The Morgan fingerprint density at radius 3 is 1.75 bits per heavy atom. The highest BCUT2D eigenvalue weighted by atomic mass is 32.1. The van der Waals surface area contributed by atoms with Crippen molar-refractivity contribution in [3.05, 3.63) is 193 Å². The lowest BCUT2D eigenvalue weighted by Gasteiger charge is -2.22. The first-order valence-electron chi connectivity index (χ1n) is 19.7. The van der Waals surface area contributed by atoms with Crippen molar-refractivity contribution in [2.45, 2.75) is 19.3 Å². The van der Waals surface area contributed by atoms with Gasteiger partial charge in [0.05, 0.1) is 21.4 Å². The fourth-order valence-corrected chi connectivity index (χ4v) is 10.7. The average Bonchev–Trinajstić information content (AvgIpc) is 3.91. The summed E-state index contributed by atoms with van der Waals surface area (Å²) in [7, 11) is 0. The molecule has 0 aliphatic heterocycles. The predicted octanol–water partition coefficient (Wildman–Crippen LogP) is 15.0. The number of fused-ring (bicyclic) bond motifs is 11. The minimum atomic E-state index is -0.0159. The van der Waals surface area contributed by atoms with Gasteiger partial charge in [-0.15, -0.1) is 11.3 Å². The van der Waals surface area contributed by atoms with Crippen LogP contribution < -0.4 is 0 Å². The molecule has 8 aromatic carbocycles. The van der Waals surface area contributed by atoms with E-state index in [2.05, 4.69) is 200 Å². The molecule has 57 heavy (non-hydrogen) atoms. The lowest BCUT2D eigenvalue weighted by Crippen LogP contribution is -2.14. The van der Waals surface area contributed by atoms with E-state index in [0.29, 0.717) is 0 Å². The minimum Gasteiger partial charge on any atom is -0.291 e. The Labute approximate surface area is 335 Å². The van der Waals surface area contributed by atoms with Gasteiger partial charge >= 0.3 is 0 Å². The molecule has 0 saturated heterocycles. The number of para-hydroxylation sites is 2. The number of hydrogen-bond acceptors (Lipinski definition) is 2. The molecule has 3 heterocycles. The van der Waals surface area contributed by atoms with E-state index >= 15 is 0 Å². The van der Waals surface area contributed by atoms with Crippen molar-refractivity contribution < 1.29 is 0 Å². The van der Waals surface area contributed by atoms with Gasteiger partial charge < -0.3 is 0 Å². The van der Waals surface area contributed by atoms with E-state index in [1.54, 1.807) is 0 Å². The smallest absolute Gasteiger partial charge is 0.156 e. The molecular formula is C54H36N2S. The Kier molecular flexibility index (Phi) is 6.88. The monoisotopic (exact) mass is 744 g/mol. The summed E-state index contributed by atoms with van der Waals surface area (Å²) in [5.41, 5.74) is 18.4. The van der Waals surface area contributed by atoms with Gasteiger partial charge in [-0.3, -0.25) is 4.40 Å². The number of nitrogens with zero attached hydrogens (tertiary/aromatic N) is 2. The summed E-state index contributed by atoms with van der Waals surface area (Å²) in [6.45, 7) is 4.70. The molecule has 0 amide bonds. The molecule has 1 aliphatic rings. The number of imidazole rings is 1. The van der Waals surface area contributed by atoms with E-state index in [9.17, 15) is 0 Å². The molecule has 268 valence electrons. The summed E-state index contributed by atoms with van der Waals surface area (Å²) in [4.78, 5) is 5.18. The van der Waals surface area contributed by atoms with Crippen molar-refractivity contribution in [2.75, 3.05) is 0 Å². The molecule has 0 radical (unpaired) electrons. The maximum absolute atomic E-state index is 5.18. The van der Waals surface area contributed by atoms with Crippen LogP contribution in [-0.2, 0) is 5.41 Å². The third-order valence-corrected chi connectivity index (χ3v) is 13.6. The molecule has 12 rings (SSSR count). The first-order valence-corrected chi connectivity index (χ1v) is 20.5. The molecule has 0 saturated carbocycles. The summed E-state index contributed by atoms with van der Waals surface area (Å²) < 4.78 is 4.87. The standard InChI is InChI=1S/C54H36N2S/c1-54(2)46-15-7-5-13-42(46)43-28-27-37(31-47(43)54)33-19-21-34(22-20-33)38-29-30-39(41-12-4-3-11-40(38)41)35-23-25-36(26-24-35)50-32-45-44-14-6-10-18-51(44)57-52(45)53-55-48-16-8-9-17-49(48)56(50)53/h3-32H,1-2H3. The van der Waals surface area contributed by atoms with Gasteiger partial charge in [-0.05, 0) is 102 Å². The van der Waals surface area contributed by atoms with Crippen LogP contribution in [0.5, 0.6) is 0 Å². The molecule has 0 atom stereocenters. The van der Waals surface area contributed by atoms with Crippen LogP contribution in [0.4, 0.5) is 0 Å². The van der Waals surface area contributed by atoms with Gasteiger partial charge in [-0.2, -0.15) is 0 Å². The van der Waals surface area contributed by atoms with Crippen LogP contribution in [0.25, 0.3) is 103 Å². The van der Waals surface area contributed by atoms with Crippen LogP contribution >= 0.6 is 11.3 Å². The summed E-state index contributed by atoms with van der Waals surface area (Å²) in [6.07, 6.45) is 0. The molecule has 0 fully saturated rings. The molecule has 2 nitrogen and oxygen atoms in total. The maximum atomic E-state index is 5.18. The van der Waals surface area contributed by atoms with Gasteiger partial charge in [0.2, 0.25) is 0 Å². The van der Waals surface area contributed by atoms with Gasteiger partial charge in [-0.1, -0.05) is 166 Å². The Morgan fingerprint density at radius 1 is 0.439 bits per heavy atom. The number of pyridine rings is 1. The minimum absolute atomic E-state index is 0.0159. The molecule has 3 aromatic heterocycles. The van der Waals surface area contributed by atoms with E-state index in [1.165, 1.54) is 92.1 Å². The molecule has 11 aromatic rings. The van der Waals surface area contributed by atoms with Crippen LogP contribution in [0.1, 0.15) is 25.0 Å². The van der Waals surface area contributed by atoms with E-state index < -0.39 is 0 Å².